The number of hydrogen-bond donors (Lipinski definition) is 2. The molecule has 0 aliphatic carbocycles. The number of thiazole rings is 2. The molecule has 0 saturated carbocycles. The Kier molecular flexibility index (Phi) is 17.0. The zero-order chi connectivity index (χ0) is 45.4. The van der Waals surface area contributed by atoms with Crippen LogP contribution < -0.4 is 19.3 Å². The maximum atomic E-state index is 14.2. The first-order valence-electron chi connectivity index (χ1n) is 20.3. The van der Waals surface area contributed by atoms with E-state index in [0.29, 0.717) is 69.4 Å². The molecule has 0 radical (unpaired) electrons. The molecule has 2 aliphatic rings. The van der Waals surface area contributed by atoms with Crippen molar-refractivity contribution >= 4 is 84.0 Å². The van der Waals surface area contributed by atoms with Crippen LogP contribution in [-0.4, -0.2) is 119 Å². The van der Waals surface area contributed by atoms with Gasteiger partial charge in [-0.1, -0.05) is 58.0 Å². The lowest BCUT2D eigenvalue weighted by molar-refractivity contribution is -0.137. The van der Waals surface area contributed by atoms with E-state index in [4.69, 9.17) is 42.9 Å². The van der Waals surface area contributed by atoms with Crippen LogP contribution in [0.2, 0.25) is 10.0 Å². The van der Waals surface area contributed by atoms with Gasteiger partial charge in [-0.25, -0.2) is 18.7 Å². The van der Waals surface area contributed by atoms with Crippen molar-refractivity contribution in [3.8, 4) is 21.9 Å². The molecule has 0 bridgehead atoms. The lowest BCUT2D eigenvalue weighted by Crippen LogP contribution is -2.57. The van der Waals surface area contributed by atoms with Gasteiger partial charge in [-0.15, -0.1) is 0 Å². The van der Waals surface area contributed by atoms with Gasteiger partial charge in [-0.3, -0.25) is 19.4 Å². The first-order chi connectivity index (χ1) is 30.0. The summed E-state index contributed by atoms with van der Waals surface area (Å²) in [5.74, 6) is -1.73. The fraction of sp³-hybridized carbons (Fsp3) is 0.409. The molecule has 0 amide bonds. The normalized spacial score (nSPS) is 19.4. The standard InChI is InChI=1S/C25H26ClF2N3O3S.C19H23BrClN3O3S/c1-15-13-30(25-29-12-23(35-25)19-11-18(27)4-6-21(19)28)14-16(2)31(15)7-8-34-22-9-17(10-24(32)33)3-5-20(22)26;1-12-10-23(19-22-9-17(20)28-19)11-13(2)24(12)5-6-27-16-7-14(8-18(25)26)3-4-15(16)21/h3-6,9,11-12,15-16H,7-8,10,13-14H2,1-2H3,(H,32,33);3-4,7,9,12-13H,5-6,8,10-11H2,1-2H3,(H,25,26)/t15-,16+;12-,13+. The van der Waals surface area contributed by atoms with Crippen LogP contribution in [0.15, 0.2) is 70.8 Å². The van der Waals surface area contributed by atoms with E-state index in [1.807, 2.05) is 6.20 Å². The molecule has 3 aromatic carbocycles. The van der Waals surface area contributed by atoms with Crippen molar-refractivity contribution in [2.45, 2.75) is 64.7 Å². The Hall–Kier alpha value is -4.10. The zero-order valence-electron chi connectivity index (χ0n) is 35.1. The second kappa shape index (κ2) is 22.2. The third-order valence-corrected chi connectivity index (χ3v) is 14.1. The maximum absolute atomic E-state index is 14.2. The third kappa shape index (κ3) is 13.2. The summed E-state index contributed by atoms with van der Waals surface area (Å²) >= 11 is 18.9. The number of carboxylic acids is 2. The van der Waals surface area contributed by atoms with Crippen molar-refractivity contribution in [1.29, 1.82) is 0 Å². The number of piperazine rings is 2. The Bertz CT molecular complexity index is 2340. The van der Waals surface area contributed by atoms with Gasteiger partial charge < -0.3 is 29.5 Å². The summed E-state index contributed by atoms with van der Waals surface area (Å²) in [7, 11) is 0. The summed E-state index contributed by atoms with van der Waals surface area (Å²) in [6.45, 7) is 14.3. The lowest BCUT2D eigenvalue weighted by Gasteiger charge is -2.44. The third-order valence-electron chi connectivity index (χ3n) is 10.8. The first-order valence-corrected chi connectivity index (χ1v) is 23.5. The molecule has 19 heteroatoms. The summed E-state index contributed by atoms with van der Waals surface area (Å²) in [5.41, 5.74) is 1.53. The summed E-state index contributed by atoms with van der Waals surface area (Å²) in [4.78, 5) is 40.7. The van der Waals surface area contributed by atoms with Gasteiger partial charge in [0.15, 0.2) is 10.3 Å². The molecular weight excluding hydrogens is 961 g/mol. The van der Waals surface area contributed by atoms with Gasteiger partial charge in [0, 0.05) is 75.2 Å². The van der Waals surface area contributed by atoms with E-state index in [2.05, 4.69) is 73.2 Å². The fourth-order valence-corrected chi connectivity index (χ4v) is 10.4. The van der Waals surface area contributed by atoms with Gasteiger partial charge in [0.1, 0.15) is 36.3 Å². The molecule has 7 rings (SSSR count). The summed E-state index contributed by atoms with van der Waals surface area (Å²) in [5, 5.41) is 20.7. The van der Waals surface area contributed by atoms with E-state index in [-0.39, 0.29) is 30.5 Å². The van der Waals surface area contributed by atoms with E-state index in [9.17, 15) is 18.4 Å². The Morgan fingerprint density at radius 2 is 1.17 bits per heavy atom. The number of anilines is 2. The largest absolute Gasteiger partial charge is 0.491 e. The van der Waals surface area contributed by atoms with Crippen molar-refractivity contribution in [1.82, 2.24) is 19.8 Å². The fourth-order valence-electron chi connectivity index (χ4n) is 7.93. The van der Waals surface area contributed by atoms with Gasteiger partial charge in [-0.2, -0.15) is 0 Å². The number of benzene rings is 3. The van der Waals surface area contributed by atoms with Crippen molar-refractivity contribution in [3.63, 3.8) is 0 Å². The Morgan fingerprint density at radius 3 is 1.62 bits per heavy atom. The highest BCUT2D eigenvalue weighted by Crippen LogP contribution is 2.35. The van der Waals surface area contributed by atoms with E-state index in [0.717, 1.165) is 58.9 Å². The van der Waals surface area contributed by atoms with Gasteiger partial charge in [-0.05, 0) is 97.2 Å². The van der Waals surface area contributed by atoms with Gasteiger partial charge >= 0.3 is 11.9 Å². The van der Waals surface area contributed by atoms with Crippen molar-refractivity contribution in [3.05, 3.63) is 104 Å². The predicted molar refractivity (Wildman–Crippen MR) is 250 cm³/mol. The second-order valence-electron chi connectivity index (χ2n) is 15.6. The monoisotopic (exact) mass is 1010 g/mol. The second-order valence-corrected chi connectivity index (χ2v) is 19.8. The lowest BCUT2D eigenvalue weighted by atomic mass is 10.1. The topological polar surface area (TPSA) is 132 Å². The SMILES string of the molecule is C[C@@H]1CN(c2ncc(-c3cc(F)ccc3F)s2)C[C@H](C)N1CCOc1cc(CC(=O)O)ccc1Cl.C[C@@H]1CN(c2ncc(Br)s2)C[C@H](C)N1CCOc1cc(CC(=O)O)ccc1Cl. The number of aliphatic carboxylic acids is 2. The molecule has 2 N–H and O–H groups in total. The molecular formula is C44H49BrCl2F2N6O6S2. The average Bonchev–Trinajstić information content (AvgIpc) is 3.90. The summed E-state index contributed by atoms with van der Waals surface area (Å²) in [6, 6.07) is 14.7. The van der Waals surface area contributed by atoms with Crippen LogP contribution in [0.5, 0.6) is 11.5 Å². The molecule has 4 atom stereocenters. The van der Waals surface area contributed by atoms with Crippen LogP contribution in [0.1, 0.15) is 38.8 Å². The molecule has 5 aromatic rings. The highest BCUT2D eigenvalue weighted by molar-refractivity contribution is 9.11. The van der Waals surface area contributed by atoms with Gasteiger partial charge in [0.2, 0.25) is 0 Å². The summed E-state index contributed by atoms with van der Waals surface area (Å²) < 4.78 is 40.6. The minimum Gasteiger partial charge on any atom is -0.491 e. The molecule has 338 valence electrons. The zero-order valence-corrected chi connectivity index (χ0v) is 39.9. The summed E-state index contributed by atoms with van der Waals surface area (Å²) in [6.07, 6.45) is 3.30. The molecule has 2 fully saturated rings. The number of rotatable bonds is 15. The number of carboxylic acid groups (broad SMARTS) is 2. The molecule has 2 aliphatic heterocycles. The van der Waals surface area contributed by atoms with Gasteiger partial charge in [0.25, 0.3) is 0 Å². The molecule has 0 unspecified atom stereocenters. The molecule has 4 heterocycles. The van der Waals surface area contributed by atoms with Crippen LogP contribution in [0, 0.1) is 11.6 Å². The Morgan fingerprint density at radius 1 is 0.714 bits per heavy atom. The van der Waals surface area contributed by atoms with Crippen molar-refractivity contribution in [2.75, 3.05) is 62.3 Å². The average molecular weight is 1010 g/mol. The maximum Gasteiger partial charge on any atom is 0.307 e. The Labute approximate surface area is 392 Å². The Balaban J connectivity index is 0.000000215. The minimum absolute atomic E-state index is 0.0452. The number of ether oxygens (including phenoxy) is 2. The number of carbonyl (C=O) groups is 2. The molecule has 12 nitrogen and oxygen atoms in total. The smallest absolute Gasteiger partial charge is 0.307 e. The molecule has 2 saturated heterocycles. The molecule has 0 spiro atoms. The van der Waals surface area contributed by atoms with E-state index >= 15 is 0 Å². The van der Waals surface area contributed by atoms with Crippen LogP contribution in [-0.2, 0) is 22.4 Å². The van der Waals surface area contributed by atoms with Crippen LogP contribution in [0.4, 0.5) is 19.0 Å². The number of hydrogen-bond acceptors (Lipinski definition) is 12. The van der Waals surface area contributed by atoms with E-state index in [1.54, 1.807) is 53.9 Å². The highest BCUT2D eigenvalue weighted by atomic mass is 79.9. The molecule has 63 heavy (non-hydrogen) atoms. The van der Waals surface area contributed by atoms with E-state index < -0.39 is 23.6 Å². The number of halogens is 5. The van der Waals surface area contributed by atoms with Gasteiger partial charge in [0.05, 0.1) is 37.7 Å². The highest BCUT2D eigenvalue weighted by Gasteiger charge is 2.32. The minimum atomic E-state index is -0.910. The number of aromatic nitrogens is 2. The van der Waals surface area contributed by atoms with Crippen molar-refractivity contribution < 1.29 is 38.1 Å². The predicted octanol–water partition coefficient (Wildman–Crippen LogP) is 9.51. The number of nitrogens with zero attached hydrogens (tertiary/aromatic N) is 6. The van der Waals surface area contributed by atoms with Crippen LogP contribution in [0.25, 0.3) is 10.4 Å². The molecule has 2 aromatic heterocycles. The van der Waals surface area contributed by atoms with E-state index in [1.165, 1.54) is 17.4 Å². The van der Waals surface area contributed by atoms with Crippen molar-refractivity contribution in [2.24, 2.45) is 0 Å². The first kappa shape index (κ1) is 48.4. The van der Waals surface area contributed by atoms with Crippen LogP contribution >= 0.6 is 61.8 Å². The quantitative estimate of drug-likeness (QED) is 0.104. The van der Waals surface area contributed by atoms with Crippen LogP contribution in [0.3, 0.4) is 0 Å².